The quantitative estimate of drug-likeness (QED) is 0.480. The Hall–Kier alpha value is -3.03. The van der Waals surface area contributed by atoms with Gasteiger partial charge in [-0.2, -0.15) is 4.98 Å². The van der Waals surface area contributed by atoms with Gasteiger partial charge in [0.05, 0.1) is 24.3 Å². The van der Waals surface area contributed by atoms with Crippen molar-refractivity contribution in [2.45, 2.75) is 32.7 Å². The van der Waals surface area contributed by atoms with Gasteiger partial charge in [-0.1, -0.05) is 37.0 Å². The van der Waals surface area contributed by atoms with E-state index < -0.39 is 6.04 Å². The molecule has 0 fully saturated rings. The third-order valence-electron chi connectivity index (χ3n) is 6.24. The van der Waals surface area contributed by atoms with Crippen LogP contribution in [0.25, 0.3) is 11.4 Å². The fourth-order valence-electron chi connectivity index (χ4n) is 4.70. The summed E-state index contributed by atoms with van der Waals surface area (Å²) < 4.78 is 12.8. The monoisotopic (exact) mass is 498 g/mol. The molecular weight excluding hydrogens is 475 g/mol. The molecule has 0 spiro atoms. The molecule has 2 aliphatic rings. The molecule has 5 rings (SSSR count). The number of benzene rings is 2. The number of rotatable bonds is 4. The van der Waals surface area contributed by atoms with Gasteiger partial charge < -0.3 is 14.8 Å². The van der Waals surface area contributed by atoms with Gasteiger partial charge >= 0.3 is 0 Å². The number of anilines is 1. The zero-order valence-corrected chi connectivity index (χ0v) is 20.8. The molecule has 2 aromatic carbocycles. The van der Waals surface area contributed by atoms with Crippen molar-refractivity contribution in [1.82, 2.24) is 14.8 Å². The van der Waals surface area contributed by atoms with Gasteiger partial charge in [-0.25, -0.2) is 4.68 Å². The lowest BCUT2D eigenvalue weighted by atomic mass is 9.73. The summed E-state index contributed by atoms with van der Waals surface area (Å²) in [5, 5.41) is 9.06. The lowest BCUT2D eigenvalue weighted by molar-refractivity contribution is -0.118. The Morgan fingerprint density at radius 3 is 2.56 bits per heavy atom. The van der Waals surface area contributed by atoms with E-state index >= 15 is 0 Å². The van der Waals surface area contributed by atoms with Gasteiger partial charge in [-0.05, 0) is 42.2 Å². The number of nitrogens with one attached hydrogen (secondary N) is 1. The van der Waals surface area contributed by atoms with Crippen molar-refractivity contribution in [3.05, 3.63) is 63.3 Å². The fourth-order valence-corrected chi connectivity index (χ4v) is 5.00. The van der Waals surface area contributed by atoms with E-state index in [0.717, 1.165) is 23.2 Å². The number of carbonyl (C=O) groups is 1. The summed E-state index contributed by atoms with van der Waals surface area (Å²) in [7, 11) is 3.20. The minimum Gasteiger partial charge on any atom is -0.497 e. The van der Waals surface area contributed by atoms with Gasteiger partial charge in [-0.3, -0.25) is 4.79 Å². The van der Waals surface area contributed by atoms with Crippen molar-refractivity contribution < 1.29 is 14.3 Å². The van der Waals surface area contributed by atoms with Crippen LogP contribution in [-0.2, 0) is 4.79 Å². The average molecular weight is 499 g/mol. The summed E-state index contributed by atoms with van der Waals surface area (Å²) in [4.78, 5) is 18.2. The molecule has 3 aromatic rings. The highest BCUT2D eigenvalue weighted by Crippen LogP contribution is 2.47. The number of ether oxygens (including phenoxy) is 2. The number of aromatic nitrogens is 3. The second-order valence-corrected chi connectivity index (χ2v) is 10.1. The van der Waals surface area contributed by atoms with Gasteiger partial charge in [-0.15, -0.1) is 5.10 Å². The van der Waals surface area contributed by atoms with Gasteiger partial charge in [0.15, 0.2) is 11.6 Å². The second-order valence-electron chi connectivity index (χ2n) is 9.30. The Morgan fingerprint density at radius 1 is 1.06 bits per heavy atom. The van der Waals surface area contributed by atoms with E-state index in [1.54, 1.807) is 31.0 Å². The molecule has 1 aromatic heterocycles. The summed E-state index contributed by atoms with van der Waals surface area (Å²) in [5.74, 6) is 2.38. The maximum Gasteiger partial charge on any atom is 0.226 e. The molecule has 0 saturated carbocycles. The highest BCUT2D eigenvalue weighted by Gasteiger charge is 2.42. The molecule has 0 amide bonds. The number of fused-ring (bicyclic) bond motifs is 1. The Labute approximate surface area is 207 Å². The number of halogens is 2. The third kappa shape index (κ3) is 3.83. The molecule has 0 bridgehead atoms. The number of methoxy groups -OCH3 is 2. The summed E-state index contributed by atoms with van der Waals surface area (Å²) in [6, 6.07) is 10.3. The van der Waals surface area contributed by atoms with E-state index in [2.05, 4.69) is 19.2 Å². The topological polar surface area (TPSA) is 78.3 Å². The predicted octanol–water partition coefficient (Wildman–Crippen LogP) is 5.93. The standard InChI is InChI=1S/C25H24Cl2N4O3/c1-25(2)11-18-21(19(32)12-25)22(15-7-6-14(33-3)10-20(15)34-4)31-24(28-18)29-23(30-31)13-5-8-16(26)17(27)9-13/h5-10,22H,11-12H2,1-4H3,(H,28,29,30). The zero-order chi connectivity index (χ0) is 24.2. The average Bonchev–Trinajstić information content (AvgIpc) is 3.22. The number of nitrogens with zero attached hydrogens (tertiary/aromatic N) is 3. The maximum absolute atomic E-state index is 13.5. The van der Waals surface area contributed by atoms with E-state index in [-0.39, 0.29) is 11.2 Å². The van der Waals surface area contributed by atoms with E-state index in [4.69, 9.17) is 42.8 Å². The Bertz CT molecular complexity index is 1350. The highest BCUT2D eigenvalue weighted by atomic mass is 35.5. The van der Waals surface area contributed by atoms with Crippen LogP contribution in [0, 0.1) is 5.41 Å². The van der Waals surface area contributed by atoms with Crippen LogP contribution in [0.5, 0.6) is 11.5 Å². The van der Waals surface area contributed by atoms with Crippen LogP contribution < -0.4 is 14.8 Å². The number of carbonyl (C=O) groups excluding carboxylic acids is 1. The van der Waals surface area contributed by atoms with Crippen molar-refractivity contribution in [2.24, 2.45) is 5.41 Å². The molecular formula is C25H24Cl2N4O3. The van der Waals surface area contributed by atoms with Crippen LogP contribution >= 0.6 is 23.2 Å². The van der Waals surface area contributed by atoms with E-state index in [0.29, 0.717) is 45.3 Å². The molecule has 1 N–H and O–H groups in total. The Kier molecular flexibility index (Phi) is 5.57. The van der Waals surface area contributed by atoms with Crippen LogP contribution in [-0.4, -0.2) is 34.8 Å². The molecule has 1 unspecified atom stereocenters. The summed E-state index contributed by atoms with van der Waals surface area (Å²) >= 11 is 12.3. The molecule has 1 atom stereocenters. The van der Waals surface area contributed by atoms with E-state index in [1.807, 2.05) is 24.3 Å². The van der Waals surface area contributed by atoms with Crippen LogP contribution in [0.2, 0.25) is 10.0 Å². The number of allylic oxidation sites excluding steroid dienone is 2. The predicted molar refractivity (Wildman–Crippen MR) is 132 cm³/mol. The normalized spacial score (nSPS) is 18.8. The first-order chi connectivity index (χ1) is 16.2. The van der Waals surface area contributed by atoms with E-state index in [9.17, 15) is 4.79 Å². The Balaban J connectivity index is 1.71. The summed E-state index contributed by atoms with van der Waals surface area (Å²) in [5.41, 5.74) is 2.91. The molecule has 7 nitrogen and oxygen atoms in total. The largest absolute Gasteiger partial charge is 0.497 e. The van der Waals surface area contributed by atoms with Crippen LogP contribution in [0.3, 0.4) is 0 Å². The van der Waals surface area contributed by atoms with E-state index in [1.165, 1.54) is 0 Å². The Morgan fingerprint density at radius 2 is 1.85 bits per heavy atom. The summed E-state index contributed by atoms with van der Waals surface area (Å²) in [6.45, 7) is 4.19. The number of hydrogen-bond donors (Lipinski definition) is 1. The molecule has 1 aliphatic heterocycles. The fraction of sp³-hybridized carbons (Fsp3) is 0.320. The lowest BCUT2D eigenvalue weighted by Gasteiger charge is -2.38. The number of hydrogen-bond acceptors (Lipinski definition) is 6. The summed E-state index contributed by atoms with van der Waals surface area (Å²) in [6.07, 6.45) is 1.17. The van der Waals surface area contributed by atoms with Gasteiger partial charge in [0, 0.05) is 34.9 Å². The maximum atomic E-state index is 13.5. The highest BCUT2D eigenvalue weighted by molar-refractivity contribution is 6.42. The minimum absolute atomic E-state index is 0.0823. The van der Waals surface area contributed by atoms with Crippen LogP contribution in [0.4, 0.5) is 5.95 Å². The molecule has 0 saturated heterocycles. The SMILES string of the molecule is COc1ccc(C2C3=C(CC(C)(C)CC3=O)Nc3nc(-c4ccc(Cl)c(Cl)c4)nn32)c(OC)c1. The van der Waals surface area contributed by atoms with Crippen molar-refractivity contribution >= 4 is 34.9 Å². The third-order valence-corrected chi connectivity index (χ3v) is 6.98. The molecule has 0 radical (unpaired) electrons. The zero-order valence-electron chi connectivity index (χ0n) is 19.3. The lowest BCUT2D eigenvalue weighted by Crippen LogP contribution is -2.36. The van der Waals surface area contributed by atoms with Gasteiger partial charge in [0.2, 0.25) is 5.95 Å². The molecule has 176 valence electrons. The smallest absolute Gasteiger partial charge is 0.226 e. The number of Topliss-reactive ketones (excluding diaryl/α,β-unsaturated/α-hetero) is 1. The molecule has 34 heavy (non-hydrogen) atoms. The van der Waals surface area contributed by atoms with Crippen molar-refractivity contribution in [3.8, 4) is 22.9 Å². The first kappa shape index (κ1) is 22.7. The van der Waals surface area contributed by atoms with Crippen molar-refractivity contribution in [2.75, 3.05) is 19.5 Å². The number of ketones is 1. The van der Waals surface area contributed by atoms with Gasteiger partial charge in [0.25, 0.3) is 0 Å². The van der Waals surface area contributed by atoms with Crippen LogP contribution in [0.15, 0.2) is 47.7 Å². The van der Waals surface area contributed by atoms with Crippen molar-refractivity contribution in [3.63, 3.8) is 0 Å². The van der Waals surface area contributed by atoms with Crippen LogP contribution in [0.1, 0.15) is 38.3 Å². The molecule has 9 heteroatoms. The first-order valence-corrected chi connectivity index (χ1v) is 11.6. The van der Waals surface area contributed by atoms with Gasteiger partial charge in [0.1, 0.15) is 17.5 Å². The molecule has 1 aliphatic carbocycles. The first-order valence-electron chi connectivity index (χ1n) is 10.9. The minimum atomic E-state index is -0.500. The van der Waals surface area contributed by atoms with Crippen molar-refractivity contribution in [1.29, 1.82) is 0 Å². The molecule has 2 heterocycles. The second kappa shape index (κ2) is 8.32.